The summed E-state index contributed by atoms with van der Waals surface area (Å²) in [7, 11) is 3.19. The smallest absolute Gasteiger partial charge is 0.229 e. The number of rotatable bonds is 8. The average molecular weight is 420 g/mol. The summed E-state index contributed by atoms with van der Waals surface area (Å²) in [5, 5.41) is 39.2. The molecule has 0 spiro atoms. The standard InChI is InChI=1S/C22H28O8/c1-27-16-9-8-14(11-17(16)28-2)7-6-13-4-3-5-15(10-13)29-22-21(26)20(25)19(24)18(12-23)30-22/h3-5,8-11,18-26H,6-7,12H2,1-2H3/t18-,19-,20+,21-,22-/m1/s1. The van der Waals surface area contributed by atoms with Crippen LogP contribution >= 0.6 is 0 Å². The van der Waals surface area contributed by atoms with Gasteiger partial charge in [0.05, 0.1) is 20.8 Å². The molecule has 0 aromatic heterocycles. The van der Waals surface area contributed by atoms with E-state index in [9.17, 15) is 20.4 Å². The van der Waals surface area contributed by atoms with Gasteiger partial charge in [0, 0.05) is 0 Å². The van der Waals surface area contributed by atoms with Crippen LogP contribution in [-0.2, 0) is 17.6 Å². The minimum absolute atomic E-state index is 0.448. The van der Waals surface area contributed by atoms with Crippen molar-refractivity contribution in [3.05, 3.63) is 53.6 Å². The van der Waals surface area contributed by atoms with Gasteiger partial charge in [-0.25, -0.2) is 0 Å². The van der Waals surface area contributed by atoms with Gasteiger partial charge in [0.1, 0.15) is 30.2 Å². The van der Waals surface area contributed by atoms with E-state index in [-0.39, 0.29) is 0 Å². The zero-order valence-corrected chi connectivity index (χ0v) is 17.0. The zero-order valence-electron chi connectivity index (χ0n) is 17.0. The van der Waals surface area contributed by atoms with Crippen LogP contribution in [-0.4, -0.2) is 72.0 Å². The van der Waals surface area contributed by atoms with Crippen LogP contribution in [0.3, 0.4) is 0 Å². The molecule has 1 heterocycles. The first-order valence-corrected chi connectivity index (χ1v) is 9.73. The van der Waals surface area contributed by atoms with Gasteiger partial charge in [0.25, 0.3) is 0 Å². The molecule has 4 N–H and O–H groups in total. The summed E-state index contributed by atoms with van der Waals surface area (Å²) in [6.07, 6.45) is -5.06. The Labute approximate surface area is 175 Å². The fraction of sp³-hybridized carbons (Fsp3) is 0.455. The second-order valence-corrected chi connectivity index (χ2v) is 7.15. The van der Waals surface area contributed by atoms with Crippen molar-refractivity contribution in [2.45, 2.75) is 43.5 Å². The number of methoxy groups -OCH3 is 2. The number of ether oxygens (including phenoxy) is 4. The van der Waals surface area contributed by atoms with E-state index >= 15 is 0 Å². The van der Waals surface area contributed by atoms with Crippen LogP contribution in [0, 0.1) is 0 Å². The third-order valence-electron chi connectivity index (χ3n) is 5.15. The molecule has 1 aliphatic rings. The Bertz CT molecular complexity index is 825. The van der Waals surface area contributed by atoms with Crippen molar-refractivity contribution in [1.29, 1.82) is 0 Å². The van der Waals surface area contributed by atoms with Crippen LogP contribution in [0.1, 0.15) is 11.1 Å². The van der Waals surface area contributed by atoms with Crippen molar-refractivity contribution in [2.24, 2.45) is 0 Å². The molecule has 0 amide bonds. The molecule has 164 valence electrons. The molecule has 1 aliphatic heterocycles. The maximum atomic E-state index is 10.1. The lowest BCUT2D eigenvalue weighted by atomic mass is 9.99. The van der Waals surface area contributed by atoms with E-state index in [1.54, 1.807) is 20.3 Å². The summed E-state index contributed by atoms with van der Waals surface area (Å²) in [6, 6.07) is 13.1. The van der Waals surface area contributed by atoms with Gasteiger partial charge in [-0.15, -0.1) is 0 Å². The highest BCUT2D eigenvalue weighted by atomic mass is 16.7. The van der Waals surface area contributed by atoms with Gasteiger partial charge < -0.3 is 39.4 Å². The molecule has 5 atom stereocenters. The Balaban J connectivity index is 1.65. The molecule has 2 aromatic rings. The average Bonchev–Trinajstić information content (AvgIpc) is 2.78. The van der Waals surface area contributed by atoms with Gasteiger partial charge in [-0.2, -0.15) is 0 Å². The molecule has 8 nitrogen and oxygen atoms in total. The van der Waals surface area contributed by atoms with Gasteiger partial charge in [0.2, 0.25) is 6.29 Å². The molecule has 2 aromatic carbocycles. The highest BCUT2D eigenvalue weighted by molar-refractivity contribution is 5.43. The third kappa shape index (κ3) is 5.03. The number of hydrogen-bond donors (Lipinski definition) is 4. The van der Waals surface area contributed by atoms with Crippen molar-refractivity contribution in [3.63, 3.8) is 0 Å². The van der Waals surface area contributed by atoms with E-state index in [4.69, 9.17) is 18.9 Å². The Hall–Kier alpha value is -2.36. The molecule has 0 aliphatic carbocycles. The molecular weight excluding hydrogens is 392 g/mol. The summed E-state index contributed by atoms with van der Waals surface area (Å²) in [5.74, 6) is 1.80. The lowest BCUT2D eigenvalue weighted by Crippen LogP contribution is -2.60. The van der Waals surface area contributed by atoms with Crippen LogP contribution in [0.5, 0.6) is 17.2 Å². The summed E-state index contributed by atoms with van der Waals surface area (Å²) in [4.78, 5) is 0. The van der Waals surface area contributed by atoms with Gasteiger partial charge >= 0.3 is 0 Å². The molecule has 8 heteroatoms. The number of hydrogen-bond acceptors (Lipinski definition) is 8. The third-order valence-corrected chi connectivity index (χ3v) is 5.15. The first-order chi connectivity index (χ1) is 14.5. The van der Waals surface area contributed by atoms with E-state index in [2.05, 4.69) is 0 Å². The van der Waals surface area contributed by atoms with Gasteiger partial charge in [-0.1, -0.05) is 18.2 Å². The highest BCUT2D eigenvalue weighted by Gasteiger charge is 2.44. The Morgan fingerprint density at radius 3 is 2.20 bits per heavy atom. The second-order valence-electron chi connectivity index (χ2n) is 7.15. The number of aryl methyl sites for hydroxylation is 2. The largest absolute Gasteiger partial charge is 0.493 e. The Morgan fingerprint density at radius 1 is 0.833 bits per heavy atom. The predicted octanol–water partition coefficient (Wildman–Crippen LogP) is 0.668. The van der Waals surface area contributed by atoms with Gasteiger partial charge in [-0.3, -0.25) is 0 Å². The van der Waals surface area contributed by atoms with Gasteiger partial charge in [0.15, 0.2) is 11.5 Å². The Kier molecular flexibility index (Phi) is 7.52. The summed E-state index contributed by atoms with van der Waals surface area (Å²) >= 11 is 0. The minimum atomic E-state index is -1.48. The van der Waals surface area contributed by atoms with Crippen LogP contribution in [0.15, 0.2) is 42.5 Å². The minimum Gasteiger partial charge on any atom is -0.493 e. The van der Waals surface area contributed by atoms with Crippen molar-refractivity contribution < 1.29 is 39.4 Å². The van der Waals surface area contributed by atoms with Crippen molar-refractivity contribution in [1.82, 2.24) is 0 Å². The normalized spacial score (nSPS) is 26.3. The van der Waals surface area contributed by atoms with Crippen LogP contribution < -0.4 is 14.2 Å². The SMILES string of the molecule is COc1ccc(CCc2cccc(O[C@@H]3O[C@H](CO)[C@@H](O)[C@H](O)[C@H]3O)c2)cc1OC. The lowest BCUT2D eigenvalue weighted by molar-refractivity contribution is -0.277. The predicted molar refractivity (Wildman–Crippen MR) is 108 cm³/mol. The topological polar surface area (TPSA) is 118 Å². The maximum absolute atomic E-state index is 10.1. The van der Waals surface area contributed by atoms with E-state index in [0.29, 0.717) is 17.2 Å². The molecule has 0 saturated carbocycles. The van der Waals surface area contributed by atoms with Crippen LogP contribution in [0.4, 0.5) is 0 Å². The number of aliphatic hydroxyl groups is 4. The molecule has 0 radical (unpaired) electrons. The maximum Gasteiger partial charge on any atom is 0.229 e. The number of aliphatic hydroxyl groups excluding tert-OH is 4. The molecule has 0 unspecified atom stereocenters. The summed E-state index contributed by atoms with van der Waals surface area (Å²) in [6.45, 7) is -0.504. The monoisotopic (exact) mass is 420 g/mol. The quantitative estimate of drug-likeness (QED) is 0.492. The summed E-state index contributed by atoms with van der Waals surface area (Å²) in [5.41, 5.74) is 2.10. The van der Waals surface area contributed by atoms with Gasteiger partial charge in [-0.05, 0) is 48.2 Å². The Morgan fingerprint density at radius 2 is 1.53 bits per heavy atom. The first-order valence-electron chi connectivity index (χ1n) is 9.73. The summed E-state index contributed by atoms with van der Waals surface area (Å²) < 4.78 is 21.7. The van der Waals surface area contributed by atoms with E-state index < -0.39 is 37.3 Å². The fourth-order valence-electron chi connectivity index (χ4n) is 3.40. The van der Waals surface area contributed by atoms with Crippen LogP contribution in [0.25, 0.3) is 0 Å². The van der Waals surface area contributed by atoms with Crippen molar-refractivity contribution >= 4 is 0 Å². The molecule has 1 fully saturated rings. The molecular formula is C22H28O8. The lowest BCUT2D eigenvalue weighted by Gasteiger charge is -2.39. The number of benzene rings is 2. The first kappa shape index (κ1) is 22.3. The highest BCUT2D eigenvalue weighted by Crippen LogP contribution is 2.29. The van der Waals surface area contributed by atoms with Crippen LogP contribution in [0.2, 0.25) is 0 Å². The van der Waals surface area contributed by atoms with E-state index in [1.165, 1.54) is 0 Å². The fourth-order valence-corrected chi connectivity index (χ4v) is 3.40. The zero-order chi connectivity index (χ0) is 21.7. The molecule has 1 saturated heterocycles. The second kappa shape index (κ2) is 10.1. The van der Waals surface area contributed by atoms with E-state index in [0.717, 1.165) is 24.0 Å². The van der Waals surface area contributed by atoms with E-state index in [1.807, 2.05) is 36.4 Å². The van der Waals surface area contributed by atoms with Crippen molar-refractivity contribution in [3.8, 4) is 17.2 Å². The van der Waals surface area contributed by atoms with Crippen molar-refractivity contribution in [2.75, 3.05) is 20.8 Å². The molecule has 30 heavy (non-hydrogen) atoms. The molecule has 3 rings (SSSR count). The molecule has 0 bridgehead atoms.